The fourth-order valence-corrected chi connectivity index (χ4v) is 2.03. The maximum absolute atomic E-state index is 5.80. The van der Waals surface area contributed by atoms with E-state index in [2.05, 4.69) is 15.9 Å². The molecule has 0 bridgehead atoms. The molecule has 0 aliphatic carbocycles. The Labute approximate surface area is 105 Å². The Hall–Kier alpha value is -0.420. The molecule has 0 aromatic heterocycles. The molecule has 16 heavy (non-hydrogen) atoms. The van der Waals surface area contributed by atoms with Crippen molar-refractivity contribution in [1.29, 1.82) is 0 Å². The number of nitrogens with two attached hydrogens (primary N) is 1. The average molecular weight is 288 g/mol. The highest BCUT2D eigenvalue weighted by Crippen LogP contribution is 2.28. The standard InChI is InChI=1S/C12H18BrNO2/c1-3-15-12(9-14,16-4-2)10-6-5-7-11(13)8-10/h5-8H,3-4,9,14H2,1-2H3. The van der Waals surface area contributed by atoms with Crippen LogP contribution in [0.4, 0.5) is 0 Å². The second-order valence-corrected chi connectivity index (χ2v) is 4.25. The molecule has 3 nitrogen and oxygen atoms in total. The van der Waals surface area contributed by atoms with Gasteiger partial charge in [-0.3, -0.25) is 0 Å². The Bertz CT molecular complexity index is 325. The fourth-order valence-electron chi connectivity index (χ4n) is 1.64. The van der Waals surface area contributed by atoms with Crippen LogP contribution in [-0.4, -0.2) is 19.8 Å². The van der Waals surface area contributed by atoms with E-state index in [9.17, 15) is 0 Å². The van der Waals surface area contributed by atoms with Crippen LogP contribution in [0.25, 0.3) is 0 Å². The van der Waals surface area contributed by atoms with E-state index in [0.717, 1.165) is 10.0 Å². The van der Waals surface area contributed by atoms with E-state index in [1.807, 2.05) is 38.1 Å². The van der Waals surface area contributed by atoms with Gasteiger partial charge in [-0.1, -0.05) is 28.1 Å². The lowest BCUT2D eigenvalue weighted by molar-refractivity contribution is -0.235. The Kier molecular flexibility index (Phi) is 5.41. The van der Waals surface area contributed by atoms with Gasteiger partial charge in [0.1, 0.15) is 0 Å². The number of halogens is 1. The minimum absolute atomic E-state index is 0.297. The van der Waals surface area contributed by atoms with Gasteiger partial charge in [0.2, 0.25) is 5.79 Å². The van der Waals surface area contributed by atoms with Crippen LogP contribution in [-0.2, 0) is 15.3 Å². The third kappa shape index (κ3) is 3.04. The molecule has 2 N–H and O–H groups in total. The van der Waals surface area contributed by atoms with E-state index in [-0.39, 0.29) is 0 Å². The predicted molar refractivity (Wildman–Crippen MR) is 68.1 cm³/mol. The summed E-state index contributed by atoms with van der Waals surface area (Å²) in [5.41, 5.74) is 6.73. The molecule has 0 fully saturated rings. The minimum Gasteiger partial charge on any atom is -0.345 e. The Morgan fingerprint density at radius 1 is 1.25 bits per heavy atom. The van der Waals surface area contributed by atoms with Crippen molar-refractivity contribution in [2.24, 2.45) is 5.73 Å². The molecule has 0 saturated heterocycles. The molecule has 1 rings (SSSR count). The van der Waals surface area contributed by atoms with Crippen LogP contribution in [0, 0.1) is 0 Å². The van der Waals surface area contributed by atoms with E-state index in [4.69, 9.17) is 15.2 Å². The smallest absolute Gasteiger partial charge is 0.207 e. The number of hydrogen-bond acceptors (Lipinski definition) is 3. The lowest BCUT2D eigenvalue weighted by Crippen LogP contribution is -2.41. The normalized spacial score (nSPS) is 11.8. The van der Waals surface area contributed by atoms with Crippen molar-refractivity contribution in [3.8, 4) is 0 Å². The van der Waals surface area contributed by atoms with Crippen molar-refractivity contribution >= 4 is 15.9 Å². The van der Waals surface area contributed by atoms with Crippen molar-refractivity contribution in [3.63, 3.8) is 0 Å². The second kappa shape index (κ2) is 6.35. The predicted octanol–water partition coefficient (Wildman–Crippen LogP) is 2.63. The number of benzene rings is 1. The Balaban J connectivity index is 3.07. The van der Waals surface area contributed by atoms with Crippen molar-refractivity contribution < 1.29 is 9.47 Å². The van der Waals surface area contributed by atoms with Gasteiger partial charge in [-0.2, -0.15) is 0 Å². The number of rotatable bonds is 6. The molecule has 0 spiro atoms. The van der Waals surface area contributed by atoms with Crippen LogP contribution in [0.15, 0.2) is 28.7 Å². The van der Waals surface area contributed by atoms with Crippen LogP contribution in [0.5, 0.6) is 0 Å². The summed E-state index contributed by atoms with van der Waals surface area (Å²) in [6, 6.07) is 7.84. The molecule has 1 aromatic carbocycles. The van der Waals surface area contributed by atoms with Gasteiger partial charge in [0.25, 0.3) is 0 Å². The van der Waals surface area contributed by atoms with Gasteiger partial charge >= 0.3 is 0 Å². The minimum atomic E-state index is -0.826. The van der Waals surface area contributed by atoms with E-state index in [0.29, 0.717) is 19.8 Å². The van der Waals surface area contributed by atoms with Crippen molar-refractivity contribution in [2.75, 3.05) is 19.8 Å². The molecule has 0 unspecified atom stereocenters. The molecule has 0 amide bonds. The molecule has 0 aliphatic heterocycles. The molecule has 1 aromatic rings. The van der Waals surface area contributed by atoms with Crippen molar-refractivity contribution in [1.82, 2.24) is 0 Å². The van der Waals surface area contributed by atoms with Crippen molar-refractivity contribution in [2.45, 2.75) is 19.6 Å². The summed E-state index contributed by atoms with van der Waals surface area (Å²) >= 11 is 3.43. The third-order valence-electron chi connectivity index (χ3n) is 2.29. The van der Waals surface area contributed by atoms with Crippen LogP contribution in [0.2, 0.25) is 0 Å². The number of ether oxygens (including phenoxy) is 2. The first-order valence-corrected chi connectivity index (χ1v) is 6.21. The van der Waals surface area contributed by atoms with Gasteiger partial charge in [-0.15, -0.1) is 0 Å². The summed E-state index contributed by atoms with van der Waals surface area (Å²) in [5, 5.41) is 0. The summed E-state index contributed by atoms with van der Waals surface area (Å²) < 4.78 is 12.4. The molecule has 0 heterocycles. The second-order valence-electron chi connectivity index (χ2n) is 3.33. The van der Waals surface area contributed by atoms with Gasteiger partial charge in [-0.05, 0) is 26.0 Å². The van der Waals surface area contributed by atoms with E-state index < -0.39 is 5.79 Å². The Morgan fingerprint density at radius 3 is 2.31 bits per heavy atom. The molecular formula is C12H18BrNO2. The lowest BCUT2D eigenvalue weighted by atomic mass is 10.1. The molecular weight excluding hydrogens is 270 g/mol. The van der Waals surface area contributed by atoms with Crippen molar-refractivity contribution in [3.05, 3.63) is 34.3 Å². The molecule has 90 valence electrons. The highest BCUT2D eigenvalue weighted by atomic mass is 79.9. The maximum atomic E-state index is 5.80. The first-order valence-electron chi connectivity index (χ1n) is 5.42. The largest absolute Gasteiger partial charge is 0.345 e. The van der Waals surface area contributed by atoms with Gasteiger partial charge < -0.3 is 15.2 Å². The van der Waals surface area contributed by atoms with Gasteiger partial charge in [-0.25, -0.2) is 0 Å². The third-order valence-corrected chi connectivity index (χ3v) is 2.78. The van der Waals surface area contributed by atoms with Crippen LogP contribution in [0.1, 0.15) is 19.4 Å². The molecule has 4 heteroatoms. The van der Waals surface area contributed by atoms with E-state index >= 15 is 0 Å². The summed E-state index contributed by atoms with van der Waals surface area (Å²) in [4.78, 5) is 0. The maximum Gasteiger partial charge on any atom is 0.207 e. The summed E-state index contributed by atoms with van der Waals surface area (Å²) in [7, 11) is 0. The van der Waals surface area contributed by atoms with E-state index in [1.54, 1.807) is 0 Å². The average Bonchev–Trinajstić information content (AvgIpc) is 2.28. The summed E-state index contributed by atoms with van der Waals surface area (Å²) in [6.07, 6.45) is 0. The number of hydrogen-bond donors (Lipinski definition) is 1. The highest BCUT2D eigenvalue weighted by molar-refractivity contribution is 9.10. The zero-order valence-corrected chi connectivity index (χ0v) is 11.3. The molecule has 0 atom stereocenters. The lowest BCUT2D eigenvalue weighted by Gasteiger charge is -2.32. The fraction of sp³-hybridized carbons (Fsp3) is 0.500. The van der Waals surface area contributed by atoms with Crippen LogP contribution < -0.4 is 5.73 Å². The first-order chi connectivity index (χ1) is 7.68. The van der Waals surface area contributed by atoms with Gasteiger partial charge in [0, 0.05) is 23.2 Å². The monoisotopic (exact) mass is 287 g/mol. The van der Waals surface area contributed by atoms with Gasteiger partial charge in [0.15, 0.2) is 0 Å². The zero-order valence-electron chi connectivity index (χ0n) is 9.70. The highest BCUT2D eigenvalue weighted by Gasteiger charge is 2.32. The molecule has 0 radical (unpaired) electrons. The molecule has 0 saturated carbocycles. The quantitative estimate of drug-likeness (QED) is 0.818. The van der Waals surface area contributed by atoms with Gasteiger partial charge in [0.05, 0.1) is 6.54 Å². The topological polar surface area (TPSA) is 44.5 Å². The Morgan fingerprint density at radius 2 is 1.88 bits per heavy atom. The summed E-state index contributed by atoms with van der Waals surface area (Å²) in [6.45, 7) is 5.28. The van der Waals surface area contributed by atoms with E-state index in [1.165, 1.54) is 0 Å². The van der Waals surface area contributed by atoms with Crippen LogP contribution >= 0.6 is 15.9 Å². The zero-order chi connectivity index (χ0) is 12.0. The SMILES string of the molecule is CCOC(CN)(OCC)c1cccc(Br)c1. The molecule has 0 aliphatic rings. The summed E-state index contributed by atoms with van der Waals surface area (Å²) in [5.74, 6) is -0.826. The van der Waals surface area contributed by atoms with Crippen LogP contribution in [0.3, 0.4) is 0 Å². The first kappa shape index (κ1) is 13.6.